The Bertz CT molecular complexity index is 275. The van der Waals surface area contributed by atoms with E-state index in [2.05, 4.69) is 6.92 Å². The predicted molar refractivity (Wildman–Crippen MR) is 67.5 cm³/mol. The largest absolute Gasteiger partial charge is 0.343 e. The molecule has 1 aliphatic rings. The van der Waals surface area contributed by atoms with Crippen LogP contribution >= 0.6 is 0 Å². The maximum atomic E-state index is 12.1. The van der Waals surface area contributed by atoms with Crippen molar-refractivity contribution in [1.82, 2.24) is 9.80 Å². The maximum Gasteiger partial charge on any atom is 0.227 e. The third-order valence-electron chi connectivity index (χ3n) is 3.42. The minimum absolute atomic E-state index is 0.112. The van der Waals surface area contributed by atoms with E-state index in [-0.39, 0.29) is 17.7 Å². The monoisotopic (exact) mass is 240 g/mol. The quantitative estimate of drug-likeness (QED) is 0.706. The summed E-state index contributed by atoms with van der Waals surface area (Å²) >= 11 is 0. The Morgan fingerprint density at radius 3 is 2.53 bits per heavy atom. The van der Waals surface area contributed by atoms with E-state index in [0.29, 0.717) is 13.0 Å². The van der Waals surface area contributed by atoms with Crippen LogP contribution in [-0.4, -0.2) is 47.8 Å². The molecular formula is C13H24N2O2. The zero-order valence-electron chi connectivity index (χ0n) is 11.2. The summed E-state index contributed by atoms with van der Waals surface area (Å²) in [6.07, 6.45) is 2.51. The molecule has 1 aliphatic heterocycles. The van der Waals surface area contributed by atoms with Gasteiger partial charge in [-0.05, 0) is 20.3 Å². The van der Waals surface area contributed by atoms with Gasteiger partial charge in [-0.2, -0.15) is 0 Å². The minimum atomic E-state index is -0.112. The number of carbonyl (C=O) groups is 2. The van der Waals surface area contributed by atoms with Gasteiger partial charge in [0.25, 0.3) is 0 Å². The van der Waals surface area contributed by atoms with Crippen LogP contribution in [0.25, 0.3) is 0 Å². The molecule has 0 aliphatic carbocycles. The van der Waals surface area contributed by atoms with Crippen LogP contribution in [0.1, 0.15) is 40.0 Å². The van der Waals surface area contributed by atoms with Crippen molar-refractivity contribution in [2.24, 2.45) is 5.92 Å². The number of carbonyl (C=O) groups excluding carboxylic acids is 2. The standard InChI is InChI=1S/C13H24N2O2/c1-4-7-8-15-10-11(9-12(15)16)13(17)14(5-2)6-3/h11H,4-10H2,1-3H3. The second-order valence-electron chi connectivity index (χ2n) is 4.60. The highest BCUT2D eigenvalue weighted by molar-refractivity contribution is 5.89. The molecule has 1 atom stereocenters. The minimum Gasteiger partial charge on any atom is -0.343 e. The summed E-state index contributed by atoms with van der Waals surface area (Å²) in [6.45, 7) is 8.95. The number of unbranched alkanes of at least 4 members (excludes halogenated alkanes) is 1. The first-order valence-electron chi connectivity index (χ1n) is 6.70. The van der Waals surface area contributed by atoms with E-state index in [0.717, 1.165) is 32.5 Å². The molecule has 0 aromatic rings. The number of amides is 2. The van der Waals surface area contributed by atoms with E-state index < -0.39 is 0 Å². The van der Waals surface area contributed by atoms with Crippen LogP contribution in [0.2, 0.25) is 0 Å². The van der Waals surface area contributed by atoms with Gasteiger partial charge >= 0.3 is 0 Å². The van der Waals surface area contributed by atoms with Crippen molar-refractivity contribution in [3.05, 3.63) is 0 Å². The van der Waals surface area contributed by atoms with E-state index in [1.54, 1.807) is 0 Å². The lowest BCUT2D eigenvalue weighted by atomic mass is 10.1. The highest BCUT2D eigenvalue weighted by Gasteiger charge is 2.35. The summed E-state index contributed by atoms with van der Waals surface area (Å²) < 4.78 is 0. The number of hydrogen-bond acceptors (Lipinski definition) is 2. The van der Waals surface area contributed by atoms with Crippen LogP contribution in [0.15, 0.2) is 0 Å². The van der Waals surface area contributed by atoms with E-state index in [1.165, 1.54) is 0 Å². The summed E-state index contributed by atoms with van der Waals surface area (Å²) in [7, 11) is 0. The van der Waals surface area contributed by atoms with Crippen LogP contribution in [0.4, 0.5) is 0 Å². The van der Waals surface area contributed by atoms with Crippen LogP contribution in [0.5, 0.6) is 0 Å². The molecule has 1 rings (SSSR count). The fraction of sp³-hybridized carbons (Fsp3) is 0.846. The summed E-state index contributed by atoms with van der Waals surface area (Å²) in [5.74, 6) is 0.172. The van der Waals surface area contributed by atoms with Crippen molar-refractivity contribution in [2.75, 3.05) is 26.2 Å². The molecule has 0 radical (unpaired) electrons. The Balaban J connectivity index is 2.52. The van der Waals surface area contributed by atoms with Crippen molar-refractivity contribution in [3.8, 4) is 0 Å². The lowest BCUT2D eigenvalue weighted by Gasteiger charge is -2.22. The van der Waals surface area contributed by atoms with Crippen LogP contribution in [-0.2, 0) is 9.59 Å². The number of hydrogen-bond donors (Lipinski definition) is 0. The van der Waals surface area contributed by atoms with E-state index in [9.17, 15) is 9.59 Å². The van der Waals surface area contributed by atoms with Crippen molar-refractivity contribution >= 4 is 11.8 Å². The molecule has 1 unspecified atom stereocenters. The van der Waals surface area contributed by atoms with Gasteiger partial charge in [0.15, 0.2) is 0 Å². The topological polar surface area (TPSA) is 40.6 Å². The second kappa shape index (κ2) is 6.62. The molecule has 1 saturated heterocycles. The molecule has 2 amide bonds. The third-order valence-corrected chi connectivity index (χ3v) is 3.42. The van der Waals surface area contributed by atoms with E-state index in [4.69, 9.17) is 0 Å². The lowest BCUT2D eigenvalue weighted by molar-refractivity contribution is -0.135. The molecule has 98 valence electrons. The number of likely N-dealkylation sites (tertiary alicyclic amines) is 1. The first-order valence-corrected chi connectivity index (χ1v) is 6.70. The number of nitrogens with zero attached hydrogens (tertiary/aromatic N) is 2. The van der Waals surface area contributed by atoms with Gasteiger partial charge in [0.2, 0.25) is 11.8 Å². The normalized spacial score (nSPS) is 19.8. The molecule has 0 spiro atoms. The van der Waals surface area contributed by atoms with Crippen molar-refractivity contribution < 1.29 is 9.59 Å². The molecule has 0 aromatic carbocycles. The molecule has 4 nitrogen and oxygen atoms in total. The van der Waals surface area contributed by atoms with Gasteiger partial charge in [0.05, 0.1) is 5.92 Å². The predicted octanol–water partition coefficient (Wildman–Crippen LogP) is 1.50. The fourth-order valence-corrected chi connectivity index (χ4v) is 2.30. The highest BCUT2D eigenvalue weighted by atomic mass is 16.2. The Morgan fingerprint density at radius 2 is 2.00 bits per heavy atom. The Labute approximate surface area is 104 Å². The van der Waals surface area contributed by atoms with Crippen LogP contribution < -0.4 is 0 Å². The first-order chi connectivity index (χ1) is 8.13. The van der Waals surface area contributed by atoms with Gasteiger partial charge < -0.3 is 9.80 Å². The average Bonchev–Trinajstić information content (AvgIpc) is 2.69. The summed E-state index contributed by atoms with van der Waals surface area (Å²) in [5, 5.41) is 0. The first kappa shape index (κ1) is 14.0. The van der Waals surface area contributed by atoms with Crippen LogP contribution in [0, 0.1) is 5.92 Å². The molecule has 0 aromatic heterocycles. The lowest BCUT2D eigenvalue weighted by Crippen LogP contribution is -2.37. The van der Waals surface area contributed by atoms with Gasteiger partial charge in [-0.3, -0.25) is 9.59 Å². The molecule has 17 heavy (non-hydrogen) atoms. The molecule has 1 fully saturated rings. The molecule has 0 N–H and O–H groups in total. The Hall–Kier alpha value is -1.06. The Morgan fingerprint density at radius 1 is 1.35 bits per heavy atom. The van der Waals surface area contributed by atoms with Gasteiger partial charge in [-0.25, -0.2) is 0 Å². The third kappa shape index (κ3) is 3.45. The van der Waals surface area contributed by atoms with Crippen molar-refractivity contribution in [3.63, 3.8) is 0 Å². The highest BCUT2D eigenvalue weighted by Crippen LogP contribution is 2.20. The summed E-state index contributed by atoms with van der Waals surface area (Å²) in [5.41, 5.74) is 0. The van der Waals surface area contributed by atoms with Gasteiger partial charge in [-0.15, -0.1) is 0 Å². The molecule has 0 bridgehead atoms. The van der Waals surface area contributed by atoms with E-state index >= 15 is 0 Å². The molecule has 4 heteroatoms. The van der Waals surface area contributed by atoms with Crippen LogP contribution in [0.3, 0.4) is 0 Å². The van der Waals surface area contributed by atoms with Gasteiger partial charge in [0.1, 0.15) is 0 Å². The van der Waals surface area contributed by atoms with Gasteiger partial charge in [-0.1, -0.05) is 13.3 Å². The van der Waals surface area contributed by atoms with Crippen molar-refractivity contribution in [2.45, 2.75) is 40.0 Å². The number of rotatable bonds is 6. The zero-order chi connectivity index (χ0) is 12.8. The maximum absolute atomic E-state index is 12.1. The zero-order valence-corrected chi connectivity index (χ0v) is 11.2. The molecular weight excluding hydrogens is 216 g/mol. The smallest absolute Gasteiger partial charge is 0.227 e. The average molecular weight is 240 g/mol. The second-order valence-corrected chi connectivity index (χ2v) is 4.60. The van der Waals surface area contributed by atoms with E-state index in [1.807, 2.05) is 23.6 Å². The molecule has 1 heterocycles. The fourth-order valence-electron chi connectivity index (χ4n) is 2.30. The summed E-state index contributed by atoms with van der Waals surface area (Å²) in [6, 6.07) is 0. The van der Waals surface area contributed by atoms with Gasteiger partial charge in [0, 0.05) is 32.6 Å². The summed E-state index contributed by atoms with van der Waals surface area (Å²) in [4.78, 5) is 27.5. The SMILES string of the molecule is CCCCN1CC(C(=O)N(CC)CC)CC1=O. The molecule has 0 saturated carbocycles. The van der Waals surface area contributed by atoms with Crippen molar-refractivity contribution in [1.29, 1.82) is 0 Å². The Kier molecular flexibility index (Phi) is 5.45.